The third-order valence-corrected chi connectivity index (χ3v) is 5.99. The SMILES string of the molecule is CC(C)(CC(=O)O)NC(=O)CSC1CCS(=O)(=O)C1. The molecule has 0 saturated carbocycles. The zero-order valence-corrected chi connectivity index (χ0v) is 12.6. The van der Waals surface area contributed by atoms with Gasteiger partial charge in [0.1, 0.15) is 0 Å². The lowest BCUT2D eigenvalue weighted by Crippen LogP contribution is -2.45. The minimum atomic E-state index is -2.92. The van der Waals surface area contributed by atoms with Crippen molar-refractivity contribution in [2.75, 3.05) is 17.3 Å². The van der Waals surface area contributed by atoms with E-state index in [4.69, 9.17) is 5.11 Å². The molecule has 19 heavy (non-hydrogen) atoms. The average molecular weight is 309 g/mol. The van der Waals surface area contributed by atoms with Gasteiger partial charge in [0.2, 0.25) is 5.91 Å². The second kappa shape index (κ2) is 6.13. The molecule has 0 aromatic carbocycles. The van der Waals surface area contributed by atoms with Gasteiger partial charge in [0, 0.05) is 10.8 Å². The number of carbonyl (C=O) groups is 2. The minimum absolute atomic E-state index is 0.0293. The molecule has 6 nitrogen and oxygen atoms in total. The molecule has 110 valence electrons. The molecule has 0 aliphatic carbocycles. The number of hydrogen-bond donors (Lipinski definition) is 2. The summed E-state index contributed by atoms with van der Waals surface area (Å²) in [6.45, 7) is 3.29. The van der Waals surface area contributed by atoms with Gasteiger partial charge in [0.05, 0.1) is 23.7 Å². The Morgan fingerprint density at radius 3 is 2.53 bits per heavy atom. The predicted molar refractivity (Wildman–Crippen MR) is 74.0 cm³/mol. The Morgan fingerprint density at radius 1 is 1.42 bits per heavy atom. The summed E-state index contributed by atoms with van der Waals surface area (Å²) in [6.07, 6.45) is 0.431. The van der Waals surface area contributed by atoms with Crippen LogP contribution in [0.2, 0.25) is 0 Å². The van der Waals surface area contributed by atoms with E-state index in [0.717, 1.165) is 0 Å². The maximum Gasteiger partial charge on any atom is 0.305 e. The lowest BCUT2D eigenvalue weighted by atomic mass is 10.0. The Balaban J connectivity index is 2.34. The molecule has 1 rings (SSSR count). The first kappa shape index (κ1) is 16.3. The fourth-order valence-corrected chi connectivity index (χ4v) is 5.36. The summed E-state index contributed by atoms with van der Waals surface area (Å²) in [4.78, 5) is 22.3. The van der Waals surface area contributed by atoms with E-state index in [-0.39, 0.29) is 34.8 Å². The van der Waals surface area contributed by atoms with Crippen molar-refractivity contribution in [3.8, 4) is 0 Å². The molecular formula is C11H19NO5S2. The topological polar surface area (TPSA) is 101 Å². The maximum absolute atomic E-state index is 11.7. The highest BCUT2D eigenvalue weighted by molar-refractivity contribution is 8.02. The van der Waals surface area contributed by atoms with Crippen LogP contribution in [0, 0.1) is 0 Å². The zero-order valence-electron chi connectivity index (χ0n) is 11.0. The van der Waals surface area contributed by atoms with Crippen LogP contribution in [0.5, 0.6) is 0 Å². The van der Waals surface area contributed by atoms with Crippen molar-refractivity contribution in [2.24, 2.45) is 0 Å². The van der Waals surface area contributed by atoms with E-state index < -0.39 is 21.3 Å². The van der Waals surface area contributed by atoms with Crippen LogP contribution in [-0.4, -0.2) is 53.4 Å². The molecule has 0 bridgehead atoms. The molecule has 1 heterocycles. The van der Waals surface area contributed by atoms with E-state index in [1.54, 1.807) is 13.8 Å². The van der Waals surface area contributed by atoms with E-state index in [0.29, 0.717) is 6.42 Å². The molecule has 2 N–H and O–H groups in total. The van der Waals surface area contributed by atoms with Gasteiger partial charge < -0.3 is 10.4 Å². The van der Waals surface area contributed by atoms with Gasteiger partial charge in [-0.15, -0.1) is 11.8 Å². The number of thioether (sulfide) groups is 1. The number of amides is 1. The van der Waals surface area contributed by atoms with E-state index >= 15 is 0 Å². The highest BCUT2D eigenvalue weighted by Gasteiger charge is 2.29. The molecule has 1 aliphatic rings. The Bertz CT molecular complexity index is 458. The summed E-state index contributed by atoms with van der Waals surface area (Å²) in [5.74, 6) is -0.760. The molecule has 1 fully saturated rings. The second-order valence-electron chi connectivity index (χ2n) is 5.34. The van der Waals surface area contributed by atoms with Crippen LogP contribution >= 0.6 is 11.8 Å². The number of nitrogens with one attached hydrogen (secondary N) is 1. The van der Waals surface area contributed by atoms with Crippen molar-refractivity contribution in [1.82, 2.24) is 5.32 Å². The standard InChI is InChI=1S/C11H19NO5S2/c1-11(2,5-10(14)15)12-9(13)6-18-8-3-4-19(16,17)7-8/h8H,3-7H2,1-2H3,(H,12,13)(H,14,15). The van der Waals surface area contributed by atoms with Crippen LogP contribution in [0.1, 0.15) is 26.7 Å². The smallest absolute Gasteiger partial charge is 0.305 e. The highest BCUT2D eigenvalue weighted by Crippen LogP contribution is 2.24. The lowest BCUT2D eigenvalue weighted by Gasteiger charge is -2.24. The number of carbonyl (C=O) groups excluding carboxylic acids is 1. The third-order valence-electron chi connectivity index (χ3n) is 2.71. The Labute approximate surface area is 117 Å². The summed E-state index contributed by atoms with van der Waals surface area (Å²) in [6, 6.07) is 0. The molecule has 1 unspecified atom stereocenters. The number of carboxylic acids is 1. The summed E-state index contributed by atoms with van der Waals surface area (Å²) < 4.78 is 22.5. The first-order valence-electron chi connectivity index (χ1n) is 5.94. The van der Waals surface area contributed by atoms with E-state index in [1.807, 2.05) is 0 Å². The van der Waals surface area contributed by atoms with E-state index in [2.05, 4.69) is 5.32 Å². The Morgan fingerprint density at radius 2 is 2.05 bits per heavy atom. The van der Waals surface area contributed by atoms with Crippen molar-refractivity contribution >= 4 is 33.5 Å². The maximum atomic E-state index is 11.7. The van der Waals surface area contributed by atoms with Crippen LogP contribution < -0.4 is 5.32 Å². The largest absolute Gasteiger partial charge is 0.481 e. The minimum Gasteiger partial charge on any atom is -0.481 e. The Kier molecular flexibility index (Phi) is 5.26. The molecule has 1 amide bonds. The number of rotatable bonds is 6. The summed E-state index contributed by atoms with van der Waals surface area (Å²) in [5, 5.41) is 11.3. The average Bonchev–Trinajstić information content (AvgIpc) is 2.52. The first-order chi connectivity index (χ1) is 8.60. The van der Waals surface area contributed by atoms with Gasteiger partial charge in [-0.05, 0) is 20.3 Å². The molecular weight excluding hydrogens is 290 g/mol. The van der Waals surface area contributed by atoms with Gasteiger partial charge >= 0.3 is 5.97 Å². The number of hydrogen-bond acceptors (Lipinski definition) is 5. The molecule has 0 aromatic heterocycles. The Hall–Kier alpha value is -0.760. The molecule has 0 spiro atoms. The molecule has 0 aromatic rings. The van der Waals surface area contributed by atoms with Crippen molar-refractivity contribution < 1.29 is 23.1 Å². The van der Waals surface area contributed by atoms with Crippen molar-refractivity contribution in [3.63, 3.8) is 0 Å². The van der Waals surface area contributed by atoms with Crippen molar-refractivity contribution in [2.45, 2.75) is 37.5 Å². The van der Waals surface area contributed by atoms with Crippen LogP contribution in [-0.2, 0) is 19.4 Å². The number of carboxylic acid groups (broad SMARTS) is 1. The van der Waals surface area contributed by atoms with Crippen molar-refractivity contribution in [1.29, 1.82) is 0 Å². The molecule has 1 atom stereocenters. The lowest BCUT2D eigenvalue weighted by molar-refractivity contribution is -0.138. The summed E-state index contributed by atoms with van der Waals surface area (Å²) in [5.41, 5.74) is -0.800. The van der Waals surface area contributed by atoms with Crippen LogP contribution in [0.3, 0.4) is 0 Å². The summed E-state index contributed by atoms with van der Waals surface area (Å²) in [7, 11) is -2.92. The second-order valence-corrected chi connectivity index (χ2v) is 8.86. The molecule has 0 radical (unpaired) electrons. The monoisotopic (exact) mass is 309 g/mol. The van der Waals surface area contributed by atoms with Gasteiger partial charge in [0.15, 0.2) is 9.84 Å². The van der Waals surface area contributed by atoms with Gasteiger partial charge in [0.25, 0.3) is 0 Å². The molecule has 1 aliphatic heterocycles. The number of sulfone groups is 1. The normalized spacial score (nSPS) is 22.1. The quantitative estimate of drug-likeness (QED) is 0.731. The first-order valence-corrected chi connectivity index (χ1v) is 8.81. The fraction of sp³-hybridized carbons (Fsp3) is 0.818. The van der Waals surface area contributed by atoms with Crippen LogP contribution in [0.15, 0.2) is 0 Å². The van der Waals surface area contributed by atoms with E-state index in [1.165, 1.54) is 11.8 Å². The van der Waals surface area contributed by atoms with Crippen LogP contribution in [0.25, 0.3) is 0 Å². The van der Waals surface area contributed by atoms with Gasteiger partial charge in [-0.2, -0.15) is 0 Å². The van der Waals surface area contributed by atoms with Gasteiger partial charge in [-0.3, -0.25) is 9.59 Å². The van der Waals surface area contributed by atoms with Crippen molar-refractivity contribution in [3.05, 3.63) is 0 Å². The van der Waals surface area contributed by atoms with Gasteiger partial charge in [-0.25, -0.2) is 8.42 Å². The number of aliphatic carboxylic acids is 1. The van der Waals surface area contributed by atoms with Crippen LogP contribution in [0.4, 0.5) is 0 Å². The van der Waals surface area contributed by atoms with Gasteiger partial charge in [-0.1, -0.05) is 0 Å². The molecule has 8 heteroatoms. The highest BCUT2D eigenvalue weighted by atomic mass is 32.2. The summed E-state index contributed by atoms with van der Waals surface area (Å²) >= 11 is 1.32. The molecule has 1 saturated heterocycles. The third kappa shape index (κ3) is 6.29. The zero-order chi connectivity index (χ0) is 14.7. The predicted octanol–water partition coefficient (Wildman–Crippen LogP) is 0.276. The fourth-order valence-electron chi connectivity index (χ4n) is 1.92. The van der Waals surface area contributed by atoms with E-state index in [9.17, 15) is 18.0 Å².